The standard InChI is InChI=1S/C12H13N3O2S/c13-9-3-1-2-8(12(16)17)11(9)15-5-4-10-14-6-7-18-10/h1-3,6-7,15H,4-5,13H2,(H,16,17). The number of anilines is 2. The molecule has 2 rings (SSSR count). The quantitative estimate of drug-likeness (QED) is 0.719. The third-order valence-electron chi connectivity index (χ3n) is 2.45. The Morgan fingerprint density at radius 2 is 2.33 bits per heavy atom. The number of benzene rings is 1. The Morgan fingerprint density at radius 3 is 3.00 bits per heavy atom. The molecule has 1 aromatic carbocycles. The summed E-state index contributed by atoms with van der Waals surface area (Å²) >= 11 is 1.57. The molecular weight excluding hydrogens is 250 g/mol. The Balaban J connectivity index is 2.06. The summed E-state index contributed by atoms with van der Waals surface area (Å²) in [4.78, 5) is 15.2. The molecule has 6 heteroatoms. The zero-order valence-corrected chi connectivity index (χ0v) is 10.4. The summed E-state index contributed by atoms with van der Waals surface area (Å²) in [5, 5.41) is 15.0. The summed E-state index contributed by atoms with van der Waals surface area (Å²) in [6, 6.07) is 4.84. The number of aromatic carboxylic acids is 1. The van der Waals surface area contributed by atoms with E-state index in [1.54, 1.807) is 29.7 Å². The number of nitrogen functional groups attached to an aromatic ring is 1. The van der Waals surface area contributed by atoms with Gasteiger partial charge in [-0.3, -0.25) is 0 Å². The molecule has 0 radical (unpaired) electrons. The fourth-order valence-corrected chi connectivity index (χ4v) is 2.24. The van der Waals surface area contributed by atoms with E-state index in [0.29, 0.717) is 17.9 Å². The van der Waals surface area contributed by atoms with E-state index in [-0.39, 0.29) is 5.56 Å². The van der Waals surface area contributed by atoms with Gasteiger partial charge in [-0.05, 0) is 12.1 Å². The summed E-state index contributed by atoms with van der Waals surface area (Å²) in [6.07, 6.45) is 2.49. The molecule has 0 saturated heterocycles. The number of nitrogens with two attached hydrogens (primary N) is 1. The molecular formula is C12H13N3O2S. The summed E-state index contributed by atoms with van der Waals surface area (Å²) in [5.41, 5.74) is 6.88. The SMILES string of the molecule is Nc1cccc(C(=O)O)c1NCCc1nccs1. The van der Waals surface area contributed by atoms with Gasteiger partial charge in [0.25, 0.3) is 0 Å². The average Bonchev–Trinajstić information content (AvgIpc) is 2.84. The van der Waals surface area contributed by atoms with Gasteiger partial charge in [-0.15, -0.1) is 11.3 Å². The third kappa shape index (κ3) is 2.78. The van der Waals surface area contributed by atoms with Crippen molar-refractivity contribution in [1.82, 2.24) is 4.98 Å². The van der Waals surface area contributed by atoms with Crippen LogP contribution in [0.15, 0.2) is 29.8 Å². The van der Waals surface area contributed by atoms with E-state index in [4.69, 9.17) is 10.8 Å². The number of thiazole rings is 1. The van der Waals surface area contributed by atoms with Crippen LogP contribution in [0.4, 0.5) is 11.4 Å². The second kappa shape index (κ2) is 5.50. The van der Waals surface area contributed by atoms with E-state index in [2.05, 4.69) is 10.3 Å². The molecule has 0 unspecified atom stereocenters. The Hall–Kier alpha value is -2.08. The highest BCUT2D eigenvalue weighted by atomic mass is 32.1. The van der Waals surface area contributed by atoms with Crippen LogP contribution in [0.5, 0.6) is 0 Å². The van der Waals surface area contributed by atoms with Crippen LogP contribution >= 0.6 is 11.3 Å². The van der Waals surface area contributed by atoms with Crippen LogP contribution in [0.25, 0.3) is 0 Å². The smallest absolute Gasteiger partial charge is 0.337 e. The van der Waals surface area contributed by atoms with Crippen LogP contribution in [0.3, 0.4) is 0 Å². The first-order chi connectivity index (χ1) is 8.68. The molecule has 1 aromatic heterocycles. The number of carbonyl (C=O) groups is 1. The Labute approximate surface area is 108 Å². The van der Waals surface area contributed by atoms with Crippen molar-refractivity contribution in [2.75, 3.05) is 17.6 Å². The molecule has 1 heterocycles. The maximum Gasteiger partial charge on any atom is 0.337 e. The summed E-state index contributed by atoms with van der Waals surface area (Å²) in [5.74, 6) is -0.987. The van der Waals surface area contributed by atoms with Crippen molar-refractivity contribution in [1.29, 1.82) is 0 Å². The van der Waals surface area contributed by atoms with E-state index in [0.717, 1.165) is 11.4 Å². The number of aromatic nitrogens is 1. The molecule has 0 aliphatic carbocycles. The van der Waals surface area contributed by atoms with Crippen molar-refractivity contribution in [3.8, 4) is 0 Å². The lowest BCUT2D eigenvalue weighted by Gasteiger charge is -2.11. The predicted molar refractivity (Wildman–Crippen MR) is 72.1 cm³/mol. The van der Waals surface area contributed by atoms with Gasteiger partial charge in [0.05, 0.1) is 21.9 Å². The highest BCUT2D eigenvalue weighted by Crippen LogP contribution is 2.23. The number of carboxylic acid groups (broad SMARTS) is 1. The zero-order chi connectivity index (χ0) is 13.0. The molecule has 0 atom stereocenters. The topological polar surface area (TPSA) is 88.2 Å². The number of para-hydroxylation sites is 1. The molecule has 0 fully saturated rings. The molecule has 0 aliphatic rings. The van der Waals surface area contributed by atoms with Gasteiger partial charge in [-0.1, -0.05) is 6.07 Å². The molecule has 18 heavy (non-hydrogen) atoms. The second-order valence-electron chi connectivity index (χ2n) is 3.68. The van der Waals surface area contributed by atoms with Crippen molar-refractivity contribution in [2.24, 2.45) is 0 Å². The van der Waals surface area contributed by atoms with Crippen molar-refractivity contribution in [3.05, 3.63) is 40.3 Å². The summed E-state index contributed by atoms with van der Waals surface area (Å²) < 4.78 is 0. The Bertz CT molecular complexity index is 540. The van der Waals surface area contributed by atoms with E-state index in [1.165, 1.54) is 6.07 Å². The van der Waals surface area contributed by atoms with Gasteiger partial charge in [0, 0.05) is 24.5 Å². The minimum absolute atomic E-state index is 0.189. The van der Waals surface area contributed by atoms with Crippen LogP contribution < -0.4 is 11.1 Å². The van der Waals surface area contributed by atoms with Gasteiger partial charge in [-0.25, -0.2) is 9.78 Å². The van der Waals surface area contributed by atoms with Crippen LogP contribution in [0.1, 0.15) is 15.4 Å². The average molecular weight is 263 g/mol. The van der Waals surface area contributed by atoms with E-state index >= 15 is 0 Å². The lowest BCUT2D eigenvalue weighted by Crippen LogP contribution is -2.11. The van der Waals surface area contributed by atoms with E-state index in [9.17, 15) is 4.79 Å². The Kier molecular flexibility index (Phi) is 3.78. The third-order valence-corrected chi connectivity index (χ3v) is 3.29. The molecule has 2 aromatic rings. The maximum absolute atomic E-state index is 11.1. The number of hydrogen-bond donors (Lipinski definition) is 3. The van der Waals surface area contributed by atoms with Crippen LogP contribution in [-0.2, 0) is 6.42 Å². The van der Waals surface area contributed by atoms with Gasteiger partial charge in [0.1, 0.15) is 0 Å². The van der Waals surface area contributed by atoms with E-state index in [1.807, 2.05) is 5.38 Å². The largest absolute Gasteiger partial charge is 0.478 e. The number of nitrogens with one attached hydrogen (secondary N) is 1. The summed E-state index contributed by atoms with van der Waals surface area (Å²) in [6.45, 7) is 0.599. The monoisotopic (exact) mass is 263 g/mol. The van der Waals surface area contributed by atoms with Crippen LogP contribution in [0, 0.1) is 0 Å². The van der Waals surface area contributed by atoms with Gasteiger partial charge >= 0.3 is 5.97 Å². The van der Waals surface area contributed by atoms with Crippen LogP contribution in [0.2, 0.25) is 0 Å². The van der Waals surface area contributed by atoms with Crippen molar-refractivity contribution in [3.63, 3.8) is 0 Å². The van der Waals surface area contributed by atoms with Gasteiger partial charge in [0.15, 0.2) is 0 Å². The lowest BCUT2D eigenvalue weighted by atomic mass is 10.1. The lowest BCUT2D eigenvalue weighted by molar-refractivity contribution is 0.0698. The zero-order valence-electron chi connectivity index (χ0n) is 9.59. The first-order valence-corrected chi connectivity index (χ1v) is 6.30. The highest BCUT2D eigenvalue weighted by Gasteiger charge is 2.11. The summed E-state index contributed by atoms with van der Waals surface area (Å²) in [7, 11) is 0. The van der Waals surface area contributed by atoms with Gasteiger partial charge < -0.3 is 16.2 Å². The predicted octanol–water partition coefficient (Wildman–Crippen LogP) is 2.08. The number of rotatable bonds is 5. The van der Waals surface area contributed by atoms with Crippen molar-refractivity contribution in [2.45, 2.75) is 6.42 Å². The minimum Gasteiger partial charge on any atom is -0.478 e. The first-order valence-electron chi connectivity index (χ1n) is 5.42. The number of nitrogens with zero attached hydrogens (tertiary/aromatic N) is 1. The first kappa shape index (κ1) is 12.4. The van der Waals surface area contributed by atoms with Crippen molar-refractivity contribution < 1.29 is 9.90 Å². The molecule has 0 spiro atoms. The highest BCUT2D eigenvalue weighted by molar-refractivity contribution is 7.09. The molecule has 4 N–H and O–H groups in total. The fraction of sp³-hybridized carbons (Fsp3) is 0.167. The van der Waals surface area contributed by atoms with Gasteiger partial charge in [0.2, 0.25) is 0 Å². The second-order valence-corrected chi connectivity index (χ2v) is 4.66. The Morgan fingerprint density at radius 1 is 1.50 bits per heavy atom. The molecule has 94 valence electrons. The molecule has 0 bridgehead atoms. The van der Waals surface area contributed by atoms with Crippen molar-refractivity contribution >= 4 is 28.7 Å². The number of hydrogen-bond acceptors (Lipinski definition) is 5. The molecule has 0 saturated carbocycles. The van der Waals surface area contributed by atoms with Crippen LogP contribution in [-0.4, -0.2) is 22.6 Å². The normalized spacial score (nSPS) is 10.2. The van der Waals surface area contributed by atoms with Gasteiger partial charge in [-0.2, -0.15) is 0 Å². The minimum atomic E-state index is -0.987. The maximum atomic E-state index is 11.1. The van der Waals surface area contributed by atoms with E-state index < -0.39 is 5.97 Å². The molecule has 0 aliphatic heterocycles. The number of carboxylic acids is 1. The molecule has 5 nitrogen and oxygen atoms in total. The molecule has 0 amide bonds. The fourth-order valence-electron chi connectivity index (χ4n) is 1.62.